The Bertz CT molecular complexity index is 819. The lowest BCUT2D eigenvalue weighted by molar-refractivity contribution is -0.297. The van der Waals surface area contributed by atoms with Gasteiger partial charge in [0, 0.05) is 5.56 Å². The van der Waals surface area contributed by atoms with Gasteiger partial charge in [0.1, 0.15) is 5.82 Å². The molecular weight excluding hydrogens is 340 g/mol. The third kappa shape index (κ3) is 3.00. The fraction of sp³-hybridized carbons (Fsp3) is 0.176. The van der Waals surface area contributed by atoms with E-state index >= 15 is 0 Å². The predicted octanol–water partition coefficient (Wildman–Crippen LogP) is 3.33. The summed E-state index contributed by atoms with van der Waals surface area (Å²) in [6, 6.07) is 11.8. The van der Waals surface area contributed by atoms with Gasteiger partial charge in [0.15, 0.2) is 0 Å². The van der Waals surface area contributed by atoms with Gasteiger partial charge in [0.05, 0.1) is 12.1 Å². The summed E-state index contributed by atoms with van der Waals surface area (Å²) in [6.45, 7) is 0. The van der Waals surface area contributed by atoms with Gasteiger partial charge in [0.2, 0.25) is 0 Å². The normalized spacial score (nSPS) is 20.5. The lowest BCUT2D eigenvalue weighted by Crippen LogP contribution is -2.56. The van der Waals surface area contributed by atoms with Gasteiger partial charge >= 0.3 is 6.18 Å². The third-order valence-electron chi connectivity index (χ3n) is 3.83. The Morgan fingerprint density at radius 1 is 1.08 bits per heavy atom. The second kappa shape index (κ2) is 5.96. The van der Waals surface area contributed by atoms with E-state index in [0.29, 0.717) is 0 Å². The van der Waals surface area contributed by atoms with Gasteiger partial charge in [-0.3, -0.25) is 4.79 Å². The lowest BCUT2D eigenvalue weighted by atomic mass is 10.0. The van der Waals surface area contributed by atoms with Gasteiger partial charge in [-0.1, -0.05) is 30.3 Å². The molecule has 2 aromatic rings. The van der Waals surface area contributed by atoms with Crippen LogP contribution in [0.2, 0.25) is 0 Å². The van der Waals surface area contributed by atoms with Crippen LogP contribution in [-0.2, 0) is 0 Å². The summed E-state index contributed by atoms with van der Waals surface area (Å²) in [5.74, 6) is -1.65. The standard InChI is InChI=1S/C17H12F4N2O2/c18-13-8-6-11(7-9-13)14-10-16(25,17(19,20)21)23(22-14)15(24)12-4-2-1-3-5-12/h1-9,25H,10H2/t16-/m0/s1. The molecule has 1 atom stereocenters. The Morgan fingerprint density at radius 3 is 2.24 bits per heavy atom. The molecule has 0 spiro atoms. The largest absolute Gasteiger partial charge is 0.438 e. The van der Waals surface area contributed by atoms with Crippen molar-refractivity contribution in [2.24, 2.45) is 5.10 Å². The maximum atomic E-state index is 13.4. The molecule has 0 radical (unpaired) electrons. The number of hydrazone groups is 1. The van der Waals surface area contributed by atoms with Crippen molar-refractivity contribution in [2.75, 3.05) is 0 Å². The number of carbonyl (C=O) groups excluding carboxylic acids is 1. The van der Waals surface area contributed by atoms with Crippen molar-refractivity contribution >= 4 is 11.6 Å². The third-order valence-corrected chi connectivity index (χ3v) is 3.83. The molecule has 0 aromatic heterocycles. The summed E-state index contributed by atoms with van der Waals surface area (Å²) in [5.41, 5.74) is -3.49. The first kappa shape index (κ1) is 17.1. The van der Waals surface area contributed by atoms with Crippen LogP contribution in [0, 0.1) is 5.82 Å². The van der Waals surface area contributed by atoms with Gasteiger partial charge in [-0.15, -0.1) is 0 Å². The molecule has 0 bridgehead atoms. The molecule has 0 unspecified atom stereocenters. The van der Waals surface area contributed by atoms with Crippen molar-refractivity contribution in [3.63, 3.8) is 0 Å². The highest BCUT2D eigenvalue weighted by atomic mass is 19.4. The number of amides is 1. The average molecular weight is 352 g/mol. The molecule has 1 heterocycles. The summed E-state index contributed by atoms with van der Waals surface area (Å²) >= 11 is 0. The highest BCUT2D eigenvalue weighted by molar-refractivity contribution is 6.05. The zero-order chi connectivity index (χ0) is 18.2. The molecule has 1 amide bonds. The lowest BCUT2D eigenvalue weighted by Gasteiger charge is -2.32. The number of carbonyl (C=O) groups is 1. The Morgan fingerprint density at radius 2 is 1.68 bits per heavy atom. The molecule has 0 aliphatic carbocycles. The van der Waals surface area contributed by atoms with E-state index in [0.717, 1.165) is 12.1 Å². The first-order chi connectivity index (χ1) is 11.7. The van der Waals surface area contributed by atoms with E-state index in [-0.39, 0.29) is 21.8 Å². The highest BCUT2D eigenvalue weighted by Crippen LogP contribution is 2.41. The fourth-order valence-electron chi connectivity index (χ4n) is 2.49. The van der Waals surface area contributed by atoms with Gasteiger partial charge in [-0.2, -0.15) is 23.3 Å². The van der Waals surface area contributed by atoms with Crippen molar-refractivity contribution in [1.82, 2.24) is 5.01 Å². The van der Waals surface area contributed by atoms with Crippen LogP contribution in [0.25, 0.3) is 0 Å². The first-order valence-electron chi connectivity index (χ1n) is 7.24. The molecule has 1 N–H and O–H groups in total. The summed E-state index contributed by atoms with van der Waals surface area (Å²) in [4.78, 5) is 12.4. The van der Waals surface area contributed by atoms with Crippen molar-refractivity contribution in [3.8, 4) is 0 Å². The second-order valence-electron chi connectivity index (χ2n) is 5.53. The predicted molar refractivity (Wildman–Crippen MR) is 81.2 cm³/mol. The minimum atomic E-state index is -5.12. The molecule has 2 aromatic carbocycles. The second-order valence-corrected chi connectivity index (χ2v) is 5.53. The zero-order valence-electron chi connectivity index (χ0n) is 12.7. The number of halogens is 4. The number of hydrogen-bond acceptors (Lipinski definition) is 3. The molecule has 8 heteroatoms. The average Bonchev–Trinajstić information content (AvgIpc) is 2.94. The van der Waals surface area contributed by atoms with E-state index in [2.05, 4.69) is 5.10 Å². The number of alkyl halides is 3. The van der Waals surface area contributed by atoms with Crippen LogP contribution in [0.15, 0.2) is 59.7 Å². The fourth-order valence-corrected chi connectivity index (χ4v) is 2.49. The molecule has 1 aliphatic heterocycles. The number of hydrogen-bond donors (Lipinski definition) is 1. The SMILES string of the molecule is O=C(c1ccccc1)N1N=C(c2ccc(F)cc2)C[C@]1(O)C(F)(F)F. The quantitative estimate of drug-likeness (QED) is 0.843. The minimum absolute atomic E-state index is 0.0427. The Kier molecular flexibility index (Phi) is 4.08. The van der Waals surface area contributed by atoms with E-state index in [4.69, 9.17) is 0 Å². The van der Waals surface area contributed by atoms with Gasteiger partial charge < -0.3 is 5.11 Å². The molecule has 4 nitrogen and oxygen atoms in total. The molecule has 130 valence electrons. The molecule has 25 heavy (non-hydrogen) atoms. The topological polar surface area (TPSA) is 52.9 Å². The van der Waals surface area contributed by atoms with E-state index < -0.39 is 30.0 Å². The molecule has 3 rings (SSSR count). The summed E-state index contributed by atoms with van der Waals surface area (Å²) in [6.07, 6.45) is -6.07. The number of rotatable bonds is 2. The Balaban J connectivity index is 2.04. The maximum Gasteiger partial charge on any atom is 0.438 e. The van der Waals surface area contributed by atoms with Gasteiger partial charge in [-0.25, -0.2) is 4.39 Å². The van der Waals surface area contributed by atoms with Crippen LogP contribution in [-0.4, -0.2) is 33.6 Å². The number of aliphatic hydroxyl groups is 1. The van der Waals surface area contributed by atoms with Crippen LogP contribution in [0.4, 0.5) is 17.6 Å². The van der Waals surface area contributed by atoms with E-state index in [1.54, 1.807) is 6.07 Å². The van der Waals surface area contributed by atoms with Gasteiger partial charge in [0.25, 0.3) is 11.6 Å². The molecular formula is C17H12F4N2O2. The highest BCUT2D eigenvalue weighted by Gasteiger charge is 2.63. The van der Waals surface area contributed by atoms with Crippen molar-refractivity contribution in [2.45, 2.75) is 18.3 Å². The van der Waals surface area contributed by atoms with Crippen LogP contribution < -0.4 is 0 Å². The van der Waals surface area contributed by atoms with Gasteiger partial charge in [-0.05, 0) is 29.8 Å². The van der Waals surface area contributed by atoms with E-state index in [1.807, 2.05) is 0 Å². The van der Waals surface area contributed by atoms with Crippen molar-refractivity contribution in [1.29, 1.82) is 0 Å². The summed E-state index contributed by atoms with van der Waals surface area (Å²) < 4.78 is 53.3. The molecule has 1 aliphatic rings. The Hall–Kier alpha value is -2.74. The minimum Gasteiger partial charge on any atom is -0.362 e. The summed E-state index contributed by atoms with van der Waals surface area (Å²) in [5, 5.41) is 13.9. The first-order valence-corrected chi connectivity index (χ1v) is 7.24. The van der Waals surface area contributed by atoms with Crippen molar-refractivity contribution < 1.29 is 27.5 Å². The van der Waals surface area contributed by atoms with Crippen molar-refractivity contribution in [3.05, 3.63) is 71.5 Å². The van der Waals surface area contributed by atoms with E-state index in [1.165, 1.54) is 36.4 Å². The molecule has 0 saturated heterocycles. The summed E-state index contributed by atoms with van der Waals surface area (Å²) in [7, 11) is 0. The molecule has 0 fully saturated rings. The monoisotopic (exact) mass is 352 g/mol. The zero-order valence-corrected chi connectivity index (χ0v) is 12.7. The Labute approximate surface area is 140 Å². The number of nitrogens with zero attached hydrogens (tertiary/aromatic N) is 2. The maximum absolute atomic E-state index is 13.4. The van der Waals surface area contributed by atoms with Crippen LogP contribution in [0.5, 0.6) is 0 Å². The molecule has 0 saturated carbocycles. The van der Waals surface area contributed by atoms with Crippen LogP contribution >= 0.6 is 0 Å². The van der Waals surface area contributed by atoms with E-state index in [9.17, 15) is 27.5 Å². The number of benzene rings is 2. The van der Waals surface area contributed by atoms with Crippen LogP contribution in [0.1, 0.15) is 22.3 Å². The van der Waals surface area contributed by atoms with Crippen LogP contribution in [0.3, 0.4) is 0 Å². The smallest absolute Gasteiger partial charge is 0.362 e.